The average molecular weight is 234 g/mol. The molecular formula is C15H26N2. The Morgan fingerprint density at radius 2 is 1.88 bits per heavy atom. The zero-order valence-corrected chi connectivity index (χ0v) is 11.9. The second-order valence-corrected chi connectivity index (χ2v) is 5.90. The highest BCUT2D eigenvalue weighted by Gasteiger charge is 2.18. The Morgan fingerprint density at radius 1 is 1.24 bits per heavy atom. The second kappa shape index (κ2) is 5.65. The monoisotopic (exact) mass is 234 g/mol. The summed E-state index contributed by atoms with van der Waals surface area (Å²) in [7, 11) is 2.17. The van der Waals surface area contributed by atoms with Crippen LogP contribution in [-0.4, -0.2) is 25.0 Å². The number of aryl methyl sites for hydroxylation is 1. The molecule has 0 saturated heterocycles. The first-order valence-electron chi connectivity index (χ1n) is 6.29. The van der Waals surface area contributed by atoms with Crippen LogP contribution >= 0.6 is 0 Å². The van der Waals surface area contributed by atoms with Gasteiger partial charge in [-0.1, -0.05) is 32.0 Å². The van der Waals surface area contributed by atoms with Gasteiger partial charge in [0.1, 0.15) is 0 Å². The molecule has 0 radical (unpaired) electrons. The van der Waals surface area contributed by atoms with Gasteiger partial charge in [0.2, 0.25) is 0 Å². The highest BCUT2D eigenvalue weighted by atomic mass is 15.1. The molecule has 0 heterocycles. The average Bonchev–Trinajstić information content (AvgIpc) is 2.24. The molecule has 0 atom stereocenters. The number of nitrogens with two attached hydrogens (primary N) is 1. The minimum absolute atomic E-state index is 0.187. The van der Waals surface area contributed by atoms with Crippen molar-refractivity contribution >= 4 is 0 Å². The Morgan fingerprint density at radius 3 is 2.47 bits per heavy atom. The van der Waals surface area contributed by atoms with Crippen LogP contribution in [0.3, 0.4) is 0 Å². The van der Waals surface area contributed by atoms with Crippen LogP contribution in [0.15, 0.2) is 18.2 Å². The highest BCUT2D eigenvalue weighted by Crippen LogP contribution is 2.18. The smallest absolute Gasteiger partial charge is 0.0233 e. The van der Waals surface area contributed by atoms with Crippen LogP contribution in [0.25, 0.3) is 0 Å². The fourth-order valence-corrected chi connectivity index (χ4v) is 2.13. The van der Waals surface area contributed by atoms with Gasteiger partial charge in [0.15, 0.2) is 0 Å². The lowest BCUT2D eigenvalue weighted by Crippen LogP contribution is -2.36. The van der Waals surface area contributed by atoms with E-state index in [2.05, 4.69) is 57.8 Å². The van der Waals surface area contributed by atoms with Crippen LogP contribution in [0, 0.1) is 19.3 Å². The molecule has 2 N–H and O–H groups in total. The maximum Gasteiger partial charge on any atom is 0.0233 e. The van der Waals surface area contributed by atoms with Gasteiger partial charge < -0.3 is 10.6 Å². The first-order chi connectivity index (χ1) is 7.85. The Kier molecular flexibility index (Phi) is 4.72. The Hall–Kier alpha value is -0.860. The van der Waals surface area contributed by atoms with Gasteiger partial charge in [-0.05, 0) is 49.5 Å². The van der Waals surface area contributed by atoms with E-state index in [0.717, 1.165) is 19.6 Å². The topological polar surface area (TPSA) is 29.3 Å². The molecule has 1 aromatic carbocycles. The van der Waals surface area contributed by atoms with E-state index >= 15 is 0 Å². The lowest BCUT2D eigenvalue weighted by atomic mass is 9.93. The van der Waals surface area contributed by atoms with Gasteiger partial charge >= 0.3 is 0 Å². The standard InChI is InChI=1S/C15H26N2/c1-12-7-6-8-14(13(12)2)9-17(5)11-15(3,4)10-16/h6-8H,9-11,16H2,1-5H3. The lowest BCUT2D eigenvalue weighted by Gasteiger charge is -2.29. The van der Waals surface area contributed by atoms with Crippen molar-refractivity contribution < 1.29 is 0 Å². The van der Waals surface area contributed by atoms with Crippen LogP contribution in [-0.2, 0) is 6.54 Å². The fourth-order valence-electron chi connectivity index (χ4n) is 2.13. The van der Waals surface area contributed by atoms with E-state index in [-0.39, 0.29) is 5.41 Å². The fraction of sp³-hybridized carbons (Fsp3) is 0.600. The summed E-state index contributed by atoms with van der Waals surface area (Å²) < 4.78 is 0. The van der Waals surface area contributed by atoms with Crippen LogP contribution in [0.5, 0.6) is 0 Å². The zero-order valence-electron chi connectivity index (χ0n) is 11.9. The summed E-state index contributed by atoms with van der Waals surface area (Å²) in [5.41, 5.74) is 10.2. The van der Waals surface area contributed by atoms with E-state index in [1.165, 1.54) is 16.7 Å². The molecule has 0 fully saturated rings. The molecule has 2 heteroatoms. The molecule has 0 saturated carbocycles. The molecule has 0 aromatic heterocycles. The van der Waals surface area contributed by atoms with Crippen LogP contribution in [0.1, 0.15) is 30.5 Å². The van der Waals surface area contributed by atoms with Crippen molar-refractivity contribution in [2.24, 2.45) is 11.1 Å². The Labute approximate surface area is 106 Å². The molecule has 0 spiro atoms. The Bertz CT molecular complexity index is 369. The molecule has 0 unspecified atom stereocenters. The molecular weight excluding hydrogens is 208 g/mol. The minimum Gasteiger partial charge on any atom is -0.330 e. The minimum atomic E-state index is 0.187. The van der Waals surface area contributed by atoms with E-state index in [1.807, 2.05) is 0 Å². The van der Waals surface area contributed by atoms with Gasteiger partial charge in [-0.2, -0.15) is 0 Å². The van der Waals surface area contributed by atoms with Crippen LogP contribution in [0.4, 0.5) is 0 Å². The molecule has 0 bridgehead atoms. The van der Waals surface area contributed by atoms with E-state index in [4.69, 9.17) is 5.73 Å². The van der Waals surface area contributed by atoms with Crippen molar-refractivity contribution in [3.63, 3.8) is 0 Å². The van der Waals surface area contributed by atoms with Gasteiger partial charge in [-0.15, -0.1) is 0 Å². The normalized spacial score (nSPS) is 12.2. The van der Waals surface area contributed by atoms with Crippen molar-refractivity contribution in [2.75, 3.05) is 20.1 Å². The van der Waals surface area contributed by atoms with E-state index in [0.29, 0.717) is 0 Å². The summed E-state index contributed by atoms with van der Waals surface area (Å²) in [6, 6.07) is 6.52. The molecule has 96 valence electrons. The van der Waals surface area contributed by atoms with Crippen molar-refractivity contribution in [3.05, 3.63) is 34.9 Å². The van der Waals surface area contributed by atoms with Gasteiger partial charge in [0.05, 0.1) is 0 Å². The van der Waals surface area contributed by atoms with Crippen molar-refractivity contribution in [1.29, 1.82) is 0 Å². The quantitative estimate of drug-likeness (QED) is 0.849. The summed E-state index contributed by atoms with van der Waals surface area (Å²) in [6.07, 6.45) is 0. The maximum atomic E-state index is 5.78. The van der Waals surface area contributed by atoms with Crippen molar-refractivity contribution in [3.8, 4) is 0 Å². The largest absolute Gasteiger partial charge is 0.330 e. The third kappa shape index (κ3) is 4.14. The zero-order chi connectivity index (χ0) is 13.1. The highest BCUT2D eigenvalue weighted by molar-refractivity contribution is 5.32. The van der Waals surface area contributed by atoms with Gasteiger partial charge in [0, 0.05) is 13.1 Å². The third-order valence-corrected chi connectivity index (χ3v) is 3.41. The SMILES string of the molecule is Cc1cccc(CN(C)CC(C)(C)CN)c1C. The van der Waals surface area contributed by atoms with Crippen LogP contribution in [0.2, 0.25) is 0 Å². The molecule has 0 aliphatic carbocycles. The van der Waals surface area contributed by atoms with Crippen LogP contribution < -0.4 is 5.73 Å². The summed E-state index contributed by atoms with van der Waals surface area (Å²) >= 11 is 0. The Balaban J connectivity index is 2.68. The van der Waals surface area contributed by atoms with E-state index in [9.17, 15) is 0 Å². The number of benzene rings is 1. The summed E-state index contributed by atoms with van der Waals surface area (Å²) in [4.78, 5) is 2.36. The third-order valence-electron chi connectivity index (χ3n) is 3.41. The molecule has 0 amide bonds. The van der Waals surface area contributed by atoms with E-state index < -0.39 is 0 Å². The number of hydrogen-bond donors (Lipinski definition) is 1. The maximum absolute atomic E-state index is 5.78. The second-order valence-electron chi connectivity index (χ2n) is 5.90. The molecule has 1 aromatic rings. The lowest BCUT2D eigenvalue weighted by molar-refractivity contribution is 0.209. The summed E-state index contributed by atoms with van der Waals surface area (Å²) in [6.45, 7) is 11.5. The predicted octanol–water partition coefficient (Wildman–Crippen LogP) is 2.72. The summed E-state index contributed by atoms with van der Waals surface area (Å²) in [5.74, 6) is 0. The molecule has 17 heavy (non-hydrogen) atoms. The molecule has 2 nitrogen and oxygen atoms in total. The number of nitrogens with zero attached hydrogens (tertiary/aromatic N) is 1. The van der Waals surface area contributed by atoms with Gasteiger partial charge in [-0.25, -0.2) is 0 Å². The first kappa shape index (κ1) is 14.2. The molecule has 1 rings (SSSR count). The molecule has 0 aliphatic rings. The molecule has 0 aliphatic heterocycles. The predicted molar refractivity (Wildman–Crippen MR) is 75.1 cm³/mol. The van der Waals surface area contributed by atoms with E-state index in [1.54, 1.807) is 0 Å². The number of rotatable bonds is 5. The summed E-state index contributed by atoms with van der Waals surface area (Å²) in [5, 5.41) is 0. The van der Waals surface area contributed by atoms with Crippen molar-refractivity contribution in [1.82, 2.24) is 4.90 Å². The van der Waals surface area contributed by atoms with Crippen molar-refractivity contribution in [2.45, 2.75) is 34.2 Å². The first-order valence-corrected chi connectivity index (χ1v) is 6.29. The van der Waals surface area contributed by atoms with Gasteiger partial charge in [0.25, 0.3) is 0 Å². The van der Waals surface area contributed by atoms with Gasteiger partial charge in [-0.3, -0.25) is 0 Å². The number of hydrogen-bond acceptors (Lipinski definition) is 2.